The summed E-state index contributed by atoms with van der Waals surface area (Å²) in [7, 11) is 1.54. The number of imidazole rings is 1. The Morgan fingerprint density at radius 1 is 1.00 bits per heavy atom. The van der Waals surface area contributed by atoms with Gasteiger partial charge in [-0.3, -0.25) is 0 Å². The number of carboxylic acids is 1. The summed E-state index contributed by atoms with van der Waals surface area (Å²) in [5.74, 6) is -2.62. The molecule has 0 unspecified atom stereocenters. The second kappa shape index (κ2) is 12.3. The Morgan fingerprint density at radius 3 is 2.51 bits per heavy atom. The van der Waals surface area contributed by atoms with Gasteiger partial charge in [-0.1, -0.05) is 12.1 Å². The van der Waals surface area contributed by atoms with Gasteiger partial charge >= 0.3 is 5.97 Å². The van der Waals surface area contributed by atoms with Gasteiger partial charge in [0.05, 0.1) is 46.6 Å². The van der Waals surface area contributed by atoms with Crippen LogP contribution in [0.15, 0.2) is 66.7 Å². The number of aromatic nitrogens is 3. The minimum absolute atomic E-state index is 0.0463. The van der Waals surface area contributed by atoms with Crippen molar-refractivity contribution >= 4 is 17.0 Å². The molecule has 11 heteroatoms. The van der Waals surface area contributed by atoms with E-state index >= 15 is 8.78 Å². The van der Waals surface area contributed by atoms with Gasteiger partial charge < -0.3 is 19.1 Å². The van der Waals surface area contributed by atoms with Crippen LogP contribution in [-0.2, 0) is 24.3 Å². The van der Waals surface area contributed by atoms with E-state index in [1.165, 1.54) is 36.4 Å². The van der Waals surface area contributed by atoms with Crippen LogP contribution in [-0.4, -0.2) is 38.8 Å². The summed E-state index contributed by atoms with van der Waals surface area (Å²) in [5, 5.41) is 18.3. The van der Waals surface area contributed by atoms with Crippen LogP contribution in [0.2, 0.25) is 0 Å². The molecular formula is C32H25F3N4O4. The van der Waals surface area contributed by atoms with Crippen LogP contribution in [0.5, 0.6) is 5.88 Å². The maximum atomic E-state index is 15.4. The topological polar surface area (TPSA) is 110 Å². The van der Waals surface area contributed by atoms with Crippen LogP contribution >= 0.6 is 0 Å². The standard InChI is InChI=1S/C32H25F3N4O4/c1-18(42-2)16-39-29-12-20(32(40)41)8-9-28(29)37-30(39)13-22-11-26(35)23(14-25(22)34)27-4-3-5-31(38-27)43-17-21-7-6-19(15-36)10-24(21)33/h3-12,14,18H,13,16-17H2,1-2H3,(H,40,41)/t18-/m0/s1. The Balaban J connectivity index is 1.42. The van der Waals surface area contributed by atoms with Crippen LogP contribution in [0.3, 0.4) is 0 Å². The van der Waals surface area contributed by atoms with Crippen molar-refractivity contribution in [2.24, 2.45) is 0 Å². The third kappa shape index (κ3) is 6.34. The van der Waals surface area contributed by atoms with Gasteiger partial charge in [0.1, 0.15) is 29.9 Å². The zero-order chi connectivity index (χ0) is 30.7. The highest BCUT2D eigenvalue weighted by atomic mass is 19.1. The number of nitrogens with zero attached hydrogens (tertiary/aromatic N) is 4. The molecule has 1 atom stereocenters. The second-order valence-corrected chi connectivity index (χ2v) is 9.86. The number of pyridine rings is 1. The van der Waals surface area contributed by atoms with Gasteiger partial charge in [0, 0.05) is 30.7 Å². The zero-order valence-corrected chi connectivity index (χ0v) is 23.1. The normalized spacial score (nSPS) is 11.8. The molecule has 0 fully saturated rings. The number of hydrogen-bond donors (Lipinski definition) is 1. The van der Waals surface area contributed by atoms with E-state index in [9.17, 15) is 14.3 Å². The molecule has 0 aliphatic rings. The Labute approximate surface area is 244 Å². The molecule has 0 saturated carbocycles. The summed E-state index contributed by atoms with van der Waals surface area (Å²) >= 11 is 0. The number of carboxylic acid groups (broad SMARTS) is 1. The molecule has 8 nitrogen and oxygen atoms in total. The lowest BCUT2D eigenvalue weighted by Gasteiger charge is -2.15. The van der Waals surface area contributed by atoms with Gasteiger partial charge in [-0.2, -0.15) is 5.26 Å². The first-order valence-electron chi connectivity index (χ1n) is 13.2. The molecule has 0 saturated heterocycles. The number of hydrogen-bond acceptors (Lipinski definition) is 6. The molecule has 5 rings (SSSR count). The number of ether oxygens (including phenoxy) is 2. The van der Waals surface area contributed by atoms with Gasteiger partial charge in [0.25, 0.3) is 0 Å². The first-order valence-corrected chi connectivity index (χ1v) is 13.2. The zero-order valence-electron chi connectivity index (χ0n) is 23.1. The lowest BCUT2D eigenvalue weighted by Crippen LogP contribution is -2.17. The molecular weight excluding hydrogens is 561 g/mol. The molecule has 5 aromatic rings. The first-order chi connectivity index (χ1) is 20.7. The van der Waals surface area contributed by atoms with Gasteiger partial charge in [0.2, 0.25) is 5.88 Å². The number of nitriles is 1. The maximum Gasteiger partial charge on any atom is 0.335 e. The average Bonchev–Trinajstić information content (AvgIpc) is 3.33. The first kappa shape index (κ1) is 29.3. The van der Waals surface area contributed by atoms with Crippen LogP contribution in [0, 0.1) is 28.8 Å². The predicted octanol–water partition coefficient (Wildman–Crippen LogP) is 6.29. The van der Waals surface area contributed by atoms with E-state index in [-0.39, 0.29) is 58.5 Å². The molecule has 0 aliphatic heterocycles. The maximum absolute atomic E-state index is 15.4. The van der Waals surface area contributed by atoms with Crippen molar-refractivity contribution in [2.75, 3.05) is 7.11 Å². The summed E-state index contributed by atoms with van der Waals surface area (Å²) in [6.07, 6.45) is -0.328. The number of rotatable bonds is 10. The summed E-state index contributed by atoms with van der Waals surface area (Å²) < 4.78 is 57.8. The van der Waals surface area contributed by atoms with Crippen molar-refractivity contribution in [2.45, 2.75) is 32.6 Å². The monoisotopic (exact) mass is 586 g/mol. The molecule has 0 spiro atoms. The van der Waals surface area contributed by atoms with E-state index in [0.717, 1.165) is 18.2 Å². The van der Waals surface area contributed by atoms with Crippen LogP contribution < -0.4 is 4.74 Å². The van der Waals surface area contributed by atoms with Crippen LogP contribution in [0.25, 0.3) is 22.3 Å². The molecule has 2 heterocycles. The van der Waals surface area contributed by atoms with Crippen molar-refractivity contribution < 1.29 is 32.5 Å². The predicted molar refractivity (Wildman–Crippen MR) is 151 cm³/mol. The number of halogens is 3. The van der Waals surface area contributed by atoms with Crippen molar-refractivity contribution in [3.8, 4) is 23.2 Å². The van der Waals surface area contributed by atoms with E-state index in [4.69, 9.17) is 14.7 Å². The molecule has 1 N–H and O–H groups in total. The number of methoxy groups -OCH3 is 1. The van der Waals surface area contributed by atoms with E-state index in [1.54, 1.807) is 23.8 Å². The summed E-state index contributed by atoms with van der Waals surface area (Å²) in [5.41, 5.74) is 1.58. The van der Waals surface area contributed by atoms with Crippen molar-refractivity contribution in [1.82, 2.24) is 14.5 Å². The fourth-order valence-electron chi connectivity index (χ4n) is 4.60. The lowest BCUT2D eigenvalue weighted by atomic mass is 10.0. The molecule has 3 aromatic carbocycles. The highest BCUT2D eigenvalue weighted by molar-refractivity contribution is 5.92. The summed E-state index contributed by atoms with van der Waals surface area (Å²) in [6.45, 7) is 1.97. The quantitative estimate of drug-likeness (QED) is 0.205. The van der Waals surface area contributed by atoms with Crippen LogP contribution in [0.1, 0.15) is 39.8 Å². The van der Waals surface area contributed by atoms with Crippen molar-refractivity contribution in [1.29, 1.82) is 5.26 Å². The van der Waals surface area contributed by atoms with Gasteiger partial charge in [-0.05, 0) is 61.0 Å². The van der Waals surface area contributed by atoms with Crippen molar-refractivity contribution in [3.05, 3.63) is 112 Å². The van der Waals surface area contributed by atoms with Gasteiger partial charge in [0.15, 0.2) is 0 Å². The fraction of sp³-hybridized carbons (Fsp3) is 0.188. The molecule has 0 aliphatic carbocycles. The third-order valence-corrected chi connectivity index (χ3v) is 6.96. The minimum atomic E-state index is -1.09. The molecule has 218 valence electrons. The van der Waals surface area contributed by atoms with Crippen LogP contribution in [0.4, 0.5) is 13.2 Å². The second-order valence-electron chi connectivity index (χ2n) is 9.86. The van der Waals surface area contributed by atoms with Gasteiger partial charge in [-0.15, -0.1) is 0 Å². The van der Waals surface area contributed by atoms with E-state index < -0.39 is 23.4 Å². The number of benzene rings is 3. The largest absolute Gasteiger partial charge is 0.478 e. The highest BCUT2D eigenvalue weighted by Crippen LogP contribution is 2.28. The summed E-state index contributed by atoms with van der Waals surface area (Å²) in [4.78, 5) is 20.4. The lowest BCUT2D eigenvalue weighted by molar-refractivity contribution is 0.0697. The molecule has 0 amide bonds. The van der Waals surface area contributed by atoms with Gasteiger partial charge in [-0.25, -0.2) is 27.9 Å². The minimum Gasteiger partial charge on any atom is -0.478 e. The smallest absolute Gasteiger partial charge is 0.335 e. The average molecular weight is 587 g/mol. The number of aromatic carboxylic acids is 1. The third-order valence-electron chi connectivity index (χ3n) is 6.96. The SMILES string of the molecule is CO[C@@H](C)Cn1c(Cc2cc(F)c(-c3cccc(OCc4ccc(C#N)cc4F)n3)cc2F)nc2ccc(C(=O)O)cc21. The number of carbonyl (C=O) groups is 1. The molecule has 0 radical (unpaired) electrons. The summed E-state index contributed by atoms with van der Waals surface area (Å²) in [6, 6.07) is 17.1. The molecule has 0 bridgehead atoms. The Kier molecular flexibility index (Phi) is 8.41. The highest BCUT2D eigenvalue weighted by Gasteiger charge is 2.19. The Hall–Kier alpha value is -5.21. The Bertz CT molecular complexity index is 1880. The fourth-order valence-corrected chi connectivity index (χ4v) is 4.60. The number of fused-ring (bicyclic) bond motifs is 1. The Morgan fingerprint density at radius 2 is 1.79 bits per heavy atom. The van der Waals surface area contributed by atoms with E-state index in [0.29, 0.717) is 23.4 Å². The van der Waals surface area contributed by atoms with Crippen molar-refractivity contribution in [3.63, 3.8) is 0 Å². The molecule has 2 aromatic heterocycles. The van der Waals surface area contributed by atoms with E-state index in [1.807, 2.05) is 13.0 Å². The van der Waals surface area contributed by atoms with E-state index in [2.05, 4.69) is 9.97 Å². The molecule has 43 heavy (non-hydrogen) atoms.